The summed E-state index contributed by atoms with van der Waals surface area (Å²) in [5.41, 5.74) is 1.97. The van der Waals surface area contributed by atoms with E-state index >= 15 is 0 Å². The summed E-state index contributed by atoms with van der Waals surface area (Å²) in [5, 5.41) is 3.41. The summed E-state index contributed by atoms with van der Waals surface area (Å²) in [4.78, 5) is 0. The third kappa shape index (κ3) is 2.95. The molecule has 1 aliphatic heterocycles. The zero-order valence-electron chi connectivity index (χ0n) is 11.5. The molecule has 0 bridgehead atoms. The summed E-state index contributed by atoms with van der Waals surface area (Å²) < 4.78 is 38.6. The Morgan fingerprint density at radius 1 is 1.00 bits per heavy atom. The Hall–Kier alpha value is -1.81. The average molecular weight is 291 g/mol. The molecule has 0 unspecified atom stereocenters. The fourth-order valence-corrected chi connectivity index (χ4v) is 2.88. The molecule has 0 aliphatic carbocycles. The maximum Gasteiger partial charge on any atom is 0.416 e. The van der Waals surface area contributed by atoms with Crippen molar-refractivity contribution in [3.8, 4) is 11.1 Å². The van der Waals surface area contributed by atoms with E-state index < -0.39 is 11.7 Å². The molecule has 1 atom stereocenters. The molecule has 0 amide bonds. The van der Waals surface area contributed by atoms with E-state index in [-0.39, 0.29) is 6.04 Å². The molecular weight excluding hydrogens is 275 g/mol. The normalized spacial score (nSPS) is 18.9. The van der Waals surface area contributed by atoms with Gasteiger partial charge in [0.1, 0.15) is 0 Å². The molecule has 1 N–H and O–H groups in total. The van der Waals surface area contributed by atoms with Gasteiger partial charge in [0.25, 0.3) is 0 Å². The fraction of sp³-hybridized carbons (Fsp3) is 0.294. The lowest BCUT2D eigenvalue weighted by Crippen LogP contribution is -2.13. The number of hydrogen-bond donors (Lipinski definition) is 1. The summed E-state index contributed by atoms with van der Waals surface area (Å²) in [6.45, 7) is 0.960. The minimum atomic E-state index is -4.31. The van der Waals surface area contributed by atoms with Gasteiger partial charge >= 0.3 is 6.18 Å². The Kier molecular flexibility index (Phi) is 3.72. The van der Waals surface area contributed by atoms with Crippen LogP contribution < -0.4 is 5.32 Å². The lowest BCUT2D eigenvalue weighted by atomic mass is 9.93. The van der Waals surface area contributed by atoms with Crippen LogP contribution in [-0.4, -0.2) is 6.54 Å². The minimum absolute atomic E-state index is 0.232. The first kappa shape index (κ1) is 14.1. The second-order valence-corrected chi connectivity index (χ2v) is 5.31. The lowest BCUT2D eigenvalue weighted by molar-refractivity contribution is -0.137. The summed E-state index contributed by atoms with van der Waals surface area (Å²) in [5.74, 6) is 0. The third-order valence-corrected chi connectivity index (χ3v) is 3.90. The molecule has 1 heterocycles. The molecule has 4 heteroatoms. The van der Waals surface area contributed by atoms with E-state index in [4.69, 9.17) is 0 Å². The van der Waals surface area contributed by atoms with Crippen LogP contribution in [0.4, 0.5) is 13.2 Å². The van der Waals surface area contributed by atoms with Crippen LogP contribution in [0.5, 0.6) is 0 Å². The smallest absolute Gasteiger partial charge is 0.310 e. The van der Waals surface area contributed by atoms with E-state index in [1.807, 2.05) is 24.3 Å². The van der Waals surface area contributed by atoms with Gasteiger partial charge in [-0.1, -0.05) is 36.4 Å². The highest BCUT2D eigenvalue weighted by Gasteiger charge is 2.30. The second kappa shape index (κ2) is 5.53. The van der Waals surface area contributed by atoms with E-state index in [9.17, 15) is 13.2 Å². The SMILES string of the molecule is FC(F)(F)c1cccc(-c2ccccc2[C@@H]2CCCN2)c1. The van der Waals surface area contributed by atoms with Crippen molar-refractivity contribution in [2.45, 2.75) is 25.1 Å². The number of nitrogens with one attached hydrogen (secondary N) is 1. The molecule has 2 aromatic rings. The summed E-state index contributed by atoms with van der Waals surface area (Å²) in [6.07, 6.45) is -2.19. The van der Waals surface area contributed by atoms with Gasteiger partial charge in [-0.25, -0.2) is 0 Å². The molecule has 1 saturated heterocycles. The maximum absolute atomic E-state index is 12.9. The quantitative estimate of drug-likeness (QED) is 0.838. The number of halogens is 3. The largest absolute Gasteiger partial charge is 0.416 e. The lowest BCUT2D eigenvalue weighted by Gasteiger charge is -2.17. The van der Waals surface area contributed by atoms with Gasteiger partial charge in [0.2, 0.25) is 0 Å². The van der Waals surface area contributed by atoms with Crippen molar-refractivity contribution < 1.29 is 13.2 Å². The highest BCUT2D eigenvalue weighted by atomic mass is 19.4. The van der Waals surface area contributed by atoms with Gasteiger partial charge in [0.05, 0.1) is 5.56 Å². The molecule has 21 heavy (non-hydrogen) atoms. The third-order valence-electron chi connectivity index (χ3n) is 3.90. The van der Waals surface area contributed by atoms with Crippen molar-refractivity contribution in [2.24, 2.45) is 0 Å². The van der Waals surface area contributed by atoms with Crippen molar-refractivity contribution in [2.75, 3.05) is 6.54 Å². The molecular formula is C17H16F3N. The topological polar surface area (TPSA) is 12.0 Å². The van der Waals surface area contributed by atoms with E-state index in [1.54, 1.807) is 6.07 Å². The zero-order valence-corrected chi connectivity index (χ0v) is 11.5. The molecule has 3 rings (SSSR count). The van der Waals surface area contributed by atoms with Crippen LogP contribution >= 0.6 is 0 Å². The Morgan fingerprint density at radius 2 is 1.81 bits per heavy atom. The van der Waals surface area contributed by atoms with Crippen LogP contribution in [0.15, 0.2) is 48.5 Å². The van der Waals surface area contributed by atoms with Crippen LogP contribution in [0.3, 0.4) is 0 Å². The van der Waals surface area contributed by atoms with Gasteiger partial charge in [-0.15, -0.1) is 0 Å². The van der Waals surface area contributed by atoms with E-state index in [0.29, 0.717) is 5.56 Å². The van der Waals surface area contributed by atoms with E-state index in [0.717, 1.165) is 36.6 Å². The first-order valence-corrected chi connectivity index (χ1v) is 7.05. The fourth-order valence-electron chi connectivity index (χ4n) is 2.88. The highest BCUT2D eigenvalue weighted by Crippen LogP contribution is 2.36. The maximum atomic E-state index is 12.9. The molecule has 0 spiro atoms. The predicted molar refractivity (Wildman–Crippen MR) is 76.9 cm³/mol. The van der Waals surface area contributed by atoms with Gasteiger partial charge in [0.15, 0.2) is 0 Å². The van der Waals surface area contributed by atoms with Gasteiger partial charge < -0.3 is 5.32 Å². The summed E-state index contributed by atoms with van der Waals surface area (Å²) >= 11 is 0. The molecule has 1 fully saturated rings. The van der Waals surface area contributed by atoms with Gasteiger partial charge in [-0.3, -0.25) is 0 Å². The van der Waals surface area contributed by atoms with Crippen molar-refractivity contribution in [3.05, 3.63) is 59.7 Å². The minimum Gasteiger partial charge on any atom is -0.310 e. The Morgan fingerprint density at radius 3 is 2.52 bits per heavy atom. The standard InChI is InChI=1S/C17H16F3N/c18-17(19,20)13-6-3-5-12(11-13)14-7-1-2-8-15(14)16-9-4-10-21-16/h1-3,5-8,11,16,21H,4,9-10H2/t16-/m0/s1. The van der Waals surface area contributed by atoms with Crippen molar-refractivity contribution in [1.82, 2.24) is 5.32 Å². The highest BCUT2D eigenvalue weighted by molar-refractivity contribution is 5.68. The zero-order chi connectivity index (χ0) is 14.9. The van der Waals surface area contributed by atoms with Gasteiger partial charge in [-0.2, -0.15) is 13.2 Å². The van der Waals surface area contributed by atoms with Crippen molar-refractivity contribution >= 4 is 0 Å². The number of alkyl halides is 3. The van der Waals surface area contributed by atoms with Crippen molar-refractivity contribution in [1.29, 1.82) is 0 Å². The number of benzene rings is 2. The second-order valence-electron chi connectivity index (χ2n) is 5.31. The van der Waals surface area contributed by atoms with Crippen LogP contribution in [0.2, 0.25) is 0 Å². The molecule has 2 aromatic carbocycles. The Balaban J connectivity index is 2.04. The summed E-state index contributed by atoms with van der Waals surface area (Å²) in [6, 6.07) is 13.5. The Labute approximate surface area is 121 Å². The summed E-state index contributed by atoms with van der Waals surface area (Å²) in [7, 11) is 0. The molecule has 1 nitrogen and oxygen atoms in total. The van der Waals surface area contributed by atoms with Gasteiger partial charge in [-0.05, 0) is 48.2 Å². The van der Waals surface area contributed by atoms with Gasteiger partial charge in [0, 0.05) is 6.04 Å². The van der Waals surface area contributed by atoms with E-state index in [2.05, 4.69) is 5.32 Å². The van der Waals surface area contributed by atoms with Crippen LogP contribution in [0, 0.1) is 0 Å². The average Bonchev–Trinajstić information content (AvgIpc) is 3.01. The Bertz CT molecular complexity index is 628. The van der Waals surface area contributed by atoms with E-state index in [1.165, 1.54) is 12.1 Å². The predicted octanol–water partition coefficient (Wildman–Crippen LogP) is 4.80. The van der Waals surface area contributed by atoms with Crippen LogP contribution in [0.25, 0.3) is 11.1 Å². The number of hydrogen-bond acceptors (Lipinski definition) is 1. The van der Waals surface area contributed by atoms with Crippen LogP contribution in [0.1, 0.15) is 30.0 Å². The van der Waals surface area contributed by atoms with Crippen LogP contribution in [-0.2, 0) is 6.18 Å². The van der Waals surface area contributed by atoms with Crippen molar-refractivity contribution in [3.63, 3.8) is 0 Å². The molecule has 0 saturated carbocycles. The first-order chi connectivity index (χ1) is 10.1. The monoisotopic (exact) mass is 291 g/mol. The molecule has 110 valence electrons. The number of rotatable bonds is 2. The molecule has 1 aliphatic rings. The molecule has 0 radical (unpaired) electrons. The first-order valence-electron chi connectivity index (χ1n) is 7.05. The molecule has 0 aromatic heterocycles.